The summed E-state index contributed by atoms with van der Waals surface area (Å²) in [6.07, 6.45) is 3.10. The highest BCUT2D eigenvalue weighted by molar-refractivity contribution is 5.23. The smallest absolute Gasteiger partial charge is 0.0793 e. The summed E-state index contributed by atoms with van der Waals surface area (Å²) in [5, 5.41) is 9.73. The summed E-state index contributed by atoms with van der Waals surface area (Å²) in [5.41, 5.74) is 2.19. The molecule has 1 aromatic carbocycles. The Morgan fingerprint density at radius 3 is 2.92 bits per heavy atom. The lowest BCUT2D eigenvalue weighted by Gasteiger charge is -2.09. The Kier molecular flexibility index (Phi) is 3.71. The molecule has 0 aliphatic rings. The zero-order valence-electron chi connectivity index (χ0n) is 8.03. The molecule has 1 N–H and O–H groups in total. The molecule has 0 aliphatic carbocycles. The van der Waals surface area contributed by atoms with Gasteiger partial charge < -0.3 is 5.11 Å². The van der Waals surface area contributed by atoms with E-state index in [2.05, 4.69) is 6.58 Å². The van der Waals surface area contributed by atoms with Gasteiger partial charge >= 0.3 is 0 Å². The van der Waals surface area contributed by atoms with Crippen molar-refractivity contribution in [1.82, 2.24) is 0 Å². The first-order valence-electron chi connectivity index (χ1n) is 4.59. The fourth-order valence-corrected chi connectivity index (χ4v) is 1.32. The summed E-state index contributed by atoms with van der Waals surface area (Å²) in [4.78, 5) is 0. The van der Waals surface area contributed by atoms with Crippen molar-refractivity contribution in [3.8, 4) is 0 Å². The van der Waals surface area contributed by atoms with Gasteiger partial charge in [0.2, 0.25) is 0 Å². The van der Waals surface area contributed by atoms with Crippen LogP contribution in [0.2, 0.25) is 0 Å². The van der Waals surface area contributed by atoms with Gasteiger partial charge in [-0.2, -0.15) is 0 Å². The third-order valence-corrected chi connectivity index (χ3v) is 2.07. The van der Waals surface area contributed by atoms with E-state index in [1.165, 1.54) is 5.56 Å². The first-order valence-corrected chi connectivity index (χ1v) is 4.59. The Labute approximate surface area is 79.7 Å². The van der Waals surface area contributed by atoms with E-state index in [1.54, 1.807) is 0 Å². The number of aliphatic hydroxyl groups is 1. The minimum absolute atomic E-state index is 0.349. The summed E-state index contributed by atoms with van der Waals surface area (Å²) >= 11 is 0. The van der Waals surface area contributed by atoms with E-state index in [4.69, 9.17) is 0 Å². The normalized spacial score (nSPS) is 12.5. The van der Waals surface area contributed by atoms with E-state index in [-0.39, 0.29) is 6.10 Å². The van der Waals surface area contributed by atoms with Gasteiger partial charge in [-0.1, -0.05) is 35.9 Å². The largest absolute Gasteiger partial charge is 0.388 e. The van der Waals surface area contributed by atoms with Crippen LogP contribution in [0.1, 0.15) is 30.1 Å². The first-order chi connectivity index (χ1) is 6.24. The summed E-state index contributed by atoms with van der Waals surface area (Å²) in [6.45, 7) is 5.66. The van der Waals surface area contributed by atoms with Crippen molar-refractivity contribution in [2.24, 2.45) is 0 Å². The van der Waals surface area contributed by atoms with Crippen molar-refractivity contribution in [2.45, 2.75) is 25.9 Å². The lowest BCUT2D eigenvalue weighted by Crippen LogP contribution is -1.96. The molecule has 1 heteroatoms. The number of benzene rings is 1. The van der Waals surface area contributed by atoms with Crippen molar-refractivity contribution in [3.05, 3.63) is 48.0 Å². The third kappa shape index (κ3) is 3.03. The van der Waals surface area contributed by atoms with Crippen LogP contribution in [0, 0.1) is 6.92 Å². The van der Waals surface area contributed by atoms with Crippen LogP contribution in [-0.4, -0.2) is 5.11 Å². The second kappa shape index (κ2) is 4.83. The molecule has 1 nitrogen and oxygen atoms in total. The fraction of sp³-hybridized carbons (Fsp3) is 0.333. The van der Waals surface area contributed by atoms with Gasteiger partial charge in [0.15, 0.2) is 0 Å². The van der Waals surface area contributed by atoms with Crippen LogP contribution in [0.4, 0.5) is 0 Å². The molecule has 0 heterocycles. The molecule has 0 aromatic heterocycles. The van der Waals surface area contributed by atoms with Crippen molar-refractivity contribution in [2.75, 3.05) is 0 Å². The van der Waals surface area contributed by atoms with Crippen LogP contribution < -0.4 is 0 Å². The molecule has 0 radical (unpaired) electrons. The topological polar surface area (TPSA) is 20.2 Å². The van der Waals surface area contributed by atoms with E-state index >= 15 is 0 Å². The minimum atomic E-state index is -0.349. The van der Waals surface area contributed by atoms with E-state index in [9.17, 15) is 5.11 Å². The Morgan fingerprint density at radius 2 is 2.31 bits per heavy atom. The van der Waals surface area contributed by atoms with Crippen LogP contribution in [-0.2, 0) is 0 Å². The average Bonchev–Trinajstić information content (AvgIpc) is 2.14. The van der Waals surface area contributed by atoms with Crippen molar-refractivity contribution >= 4 is 0 Å². The molecule has 0 spiro atoms. The van der Waals surface area contributed by atoms with Gasteiger partial charge in [-0.05, 0) is 25.3 Å². The number of hydrogen-bond acceptors (Lipinski definition) is 1. The van der Waals surface area contributed by atoms with Gasteiger partial charge in [0.1, 0.15) is 0 Å². The lowest BCUT2D eigenvalue weighted by atomic mass is 10.0. The zero-order valence-corrected chi connectivity index (χ0v) is 8.03. The maximum atomic E-state index is 9.73. The average molecular weight is 176 g/mol. The van der Waals surface area contributed by atoms with Crippen LogP contribution in [0.5, 0.6) is 0 Å². The van der Waals surface area contributed by atoms with Crippen LogP contribution in [0.15, 0.2) is 36.9 Å². The van der Waals surface area contributed by atoms with Gasteiger partial charge in [0, 0.05) is 0 Å². The third-order valence-electron chi connectivity index (χ3n) is 2.07. The molecule has 1 unspecified atom stereocenters. The highest BCUT2D eigenvalue weighted by atomic mass is 16.3. The molecule has 0 saturated carbocycles. The summed E-state index contributed by atoms with van der Waals surface area (Å²) < 4.78 is 0. The standard InChI is InChI=1S/C12H16O/c1-3-4-8-12(13)11-7-5-6-10(2)9-11/h3,5-7,9,12-13H,1,4,8H2,2H3. The zero-order chi connectivity index (χ0) is 9.68. The molecule has 1 aromatic rings. The lowest BCUT2D eigenvalue weighted by molar-refractivity contribution is 0.168. The van der Waals surface area contributed by atoms with E-state index in [1.807, 2.05) is 37.3 Å². The molecule has 1 rings (SSSR count). The fourth-order valence-electron chi connectivity index (χ4n) is 1.32. The molecule has 0 fully saturated rings. The monoisotopic (exact) mass is 176 g/mol. The highest BCUT2D eigenvalue weighted by Gasteiger charge is 2.05. The molecule has 0 aliphatic heterocycles. The Bertz CT molecular complexity index is 278. The molecule has 0 amide bonds. The quantitative estimate of drug-likeness (QED) is 0.699. The molecular weight excluding hydrogens is 160 g/mol. The Balaban J connectivity index is 2.65. The van der Waals surface area contributed by atoms with E-state index in [0.717, 1.165) is 18.4 Å². The predicted molar refractivity (Wildman–Crippen MR) is 55.6 cm³/mol. The number of aryl methyl sites for hydroxylation is 1. The molecule has 0 bridgehead atoms. The summed E-state index contributed by atoms with van der Waals surface area (Å²) in [7, 11) is 0. The van der Waals surface area contributed by atoms with Gasteiger partial charge in [0.25, 0.3) is 0 Å². The molecule has 1 atom stereocenters. The minimum Gasteiger partial charge on any atom is -0.388 e. The number of aliphatic hydroxyl groups excluding tert-OH is 1. The number of hydrogen-bond donors (Lipinski definition) is 1. The molecule has 0 saturated heterocycles. The number of rotatable bonds is 4. The van der Waals surface area contributed by atoms with Crippen LogP contribution in [0.3, 0.4) is 0 Å². The Hall–Kier alpha value is -1.08. The SMILES string of the molecule is C=CCCC(O)c1cccc(C)c1. The second-order valence-electron chi connectivity index (χ2n) is 3.30. The van der Waals surface area contributed by atoms with Gasteiger partial charge in [-0.15, -0.1) is 6.58 Å². The number of allylic oxidation sites excluding steroid dienone is 1. The van der Waals surface area contributed by atoms with Crippen molar-refractivity contribution < 1.29 is 5.11 Å². The molecule has 13 heavy (non-hydrogen) atoms. The van der Waals surface area contributed by atoms with Crippen LogP contribution >= 0.6 is 0 Å². The maximum absolute atomic E-state index is 9.73. The first kappa shape index (κ1) is 10.0. The summed E-state index contributed by atoms with van der Waals surface area (Å²) in [5.74, 6) is 0. The molecular formula is C12H16O. The second-order valence-corrected chi connectivity index (χ2v) is 3.30. The summed E-state index contributed by atoms with van der Waals surface area (Å²) in [6, 6.07) is 7.99. The highest BCUT2D eigenvalue weighted by Crippen LogP contribution is 2.18. The van der Waals surface area contributed by atoms with Gasteiger partial charge in [-0.3, -0.25) is 0 Å². The van der Waals surface area contributed by atoms with E-state index < -0.39 is 0 Å². The molecule has 70 valence electrons. The van der Waals surface area contributed by atoms with Crippen LogP contribution in [0.25, 0.3) is 0 Å². The van der Waals surface area contributed by atoms with Crippen molar-refractivity contribution in [1.29, 1.82) is 0 Å². The van der Waals surface area contributed by atoms with Crippen molar-refractivity contribution in [3.63, 3.8) is 0 Å². The Morgan fingerprint density at radius 1 is 1.54 bits per heavy atom. The maximum Gasteiger partial charge on any atom is 0.0793 e. The van der Waals surface area contributed by atoms with Gasteiger partial charge in [-0.25, -0.2) is 0 Å². The predicted octanol–water partition coefficient (Wildman–Crippen LogP) is 2.99. The van der Waals surface area contributed by atoms with Gasteiger partial charge in [0.05, 0.1) is 6.10 Å². The van der Waals surface area contributed by atoms with E-state index in [0.29, 0.717) is 0 Å².